The Morgan fingerprint density at radius 2 is 1.66 bits per heavy atom. The molecular formula is C30H50O7Si. The number of esters is 3. The molecule has 0 N–H and O–H groups in total. The molecule has 38 heavy (non-hydrogen) atoms. The SMILES string of the molecule is CC(=O)OCC[C@H]1C([C@@H](COC(C)=O)OC(C)=O)=CC[C@@H]2[C@@H]1CC[C@]1(C)[C@@H](O[Si](C)(C)C(C)(C)C)CC[C@@H]21. The molecule has 0 saturated heterocycles. The van der Waals surface area contributed by atoms with Gasteiger partial charge in [-0.1, -0.05) is 33.8 Å². The lowest BCUT2D eigenvalue weighted by Crippen LogP contribution is -2.52. The molecule has 3 rings (SSSR count). The number of carbonyl (C=O) groups is 3. The first-order valence-electron chi connectivity index (χ1n) is 14.4. The van der Waals surface area contributed by atoms with E-state index >= 15 is 0 Å². The summed E-state index contributed by atoms with van der Waals surface area (Å²) in [5, 5.41) is 0.177. The van der Waals surface area contributed by atoms with Gasteiger partial charge in [-0.15, -0.1) is 0 Å². The van der Waals surface area contributed by atoms with Crippen molar-refractivity contribution in [3.05, 3.63) is 11.6 Å². The van der Waals surface area contributed by atoms with Crippen LogP contribution in [0.15, 0.2) is 11.6 Å². The van der Waals surface area contributed by atoms with E-state index < -0.39 is 26.4 Å². The zero-order chi connectivity index (χ0) is 28.5. The van der Waals surface area contributed by atoms with Crippen molar-refractivity contribution in [2.45, 2.75) is 117 Å². The quantitative estimate of drug-likeness (QED) is 0.146. The fourth-order valence-electron chi connectivity index (χ4n) is 7.18. The smallest absolute Gasteiger partial charge is 0.303 e. The van der Waals surface area contributed by atoms with E-state index in [4.69, 9.17) is 18.6 Å². The van der Waals surface area contributed by atoms with E-state index in [0.29, 0.717) is 30.8 Å². The summed E-state index contributed by atoms with van der Waals surface area (Å²) >= 11 is 0. The number of carbonyl (C=O) groups excluding carboxylic acids is 3. The maximum atomic E-state index is 12.0. The van der Waals surface area contributed by atoms with Crippen LogP contribution in [-0.2, 0) is 33.0 Å². The van der Waals surface area contributed by atoms with Crippen LogP contribution >= 0.6 is 0 Å². The molecule has 0 bridgehead atoms. The molecule has 7 nitrogen and oxygen atoms in total. The van der Waals surface area contributed by atoms with Crippen molar-refractivity contribution < 1.29 is 33.0 Å². The van der Waals surface area contributed by atoms with E-state index in [1.807, 2.05) is 0 Å². The molecule has 0 aliphatic heterocycles. The van der Waals surface area contributed by atoms with Crippen LogP contribution in [0.25, 0.3) is 0 Å². The first-order chi connectivity index (χ1) is 17.6. The monoisotopic (exact) mass is 550 g/mol. The Hall–Kier alpha value is -1.67. The largest absolute Gasteiger partial charge is 0.466 e. The molecule has 7 atom stereocenters. The summed E-state index contributed by atoms with van der Waals surface area (Å²) in [6.07, 6.45) is 7.89. The summed E-state index contributed by atoms with van der Waals surface area (Å²) in [4.78, 5) is 35.1. The van der Waals surface area contributed by atoms with Gasteiger partial charge in [-0.3, -0.25) is 14.4 Å². The highest BCUT2D eigenvalue weighted by molar-refractivity contribution is 6.74. The zero-order valence-corrected chi connectivity index (χ0v) is 26.1. The normalized spacial score (nSPS) is 31.9. The minimum Gasteiger partial charge on any atom is -0.466 e. The lowest BCUT2D eigenvalue weighted by molar-refractivity contribution is -0.155. The fourth-order valence-corrected chi connectivity index (χ4v) is 8.63. The molecule has 216 valence electrons. The highest BCUT2D eigenvalue weighted by Gasteiger charge is 2.58. The van der Waals surface area contributed by atoms with Gasteiger partial charge in [0.1, 0.15) is 6.61 Å². The van der Waals surface area contributed by atoms with Gasteiger partial charge in [0.15, 0.2) is 14.4 Å². The number of ether oxygens (including phenoxy) is 3. The molecule has 2 fully saturated rings. The lowest BCUT2D eigenvalue weighted by Gasteiger charge is -2.54. The molecule has 0 aromatic carbocycles. The summed E-state index contributed by atoms with van der Waals surface area (Å²) in [6.45, 7) is 18.6. The molecule has 0 spiro atoms. The Morgan fingerprint density at radius 1 is 1.00 bits per heavy atom. The van der Waals surface area contributed by atoms with Crippen LogP contribution in [0.1, 0.15) is 87.0 Å². The van der Waals surface area contributed by atoms with Gasteiger partial charge in [-0.25, -0.2) is 0 Å². The average molecular weight is 551 g/mol. The van der Waals surface area contributed by atoms with Crippen molar-refractivity contribution in [2.24, 2.45) is 29.1 Å². The van der Waals surface area contributed by atoms with Crippen LogP contribution < -0.4 is 0 Å². The second-order valence-corrected chi connectivity index (χ2v) is 18.3. The molecule has 8 heteroatoms. The highest BCUT2D eigenvalue weighted by Crippen LogP contribution is 2.62. The minimum atomic E-state index is -1.89. The Bertz CT molecular complexity index is 920. The Labute approximate surface area is 230 Å². The fraction of sp³-hybridized carbons (Fsp3) is 0.833. The Kier molecular flexibility index (Phi) is 9.61. The van der Waals surface area contributed by atoms with Crippen molar-refractivity contribution in [1.29, 1.82) is 0 Å². The van der Waals surface area contributed by atoms with Crippen LogP contribution in [0.5, 0.6) is 0 Å². The predicted octanol–water partition coefficient (Wildman–Crippen LogP) is 6.21. The molecular weight excluding hydrogens is 500 g/mol. The summed E-state index contributed by atoms with van der Waals surface area (Å²) in [5.41, 5.74) is 1.15. The van der Waals surface area contributed by atoms with Gasteiger partial charge in [0.2, 0.25) is 0 Å². The van der Waals surface area contributed by atoms with Crippen LogP contribution in [0.4, 0.5) is 0 Å². The molecule has 0 radical (unpaired) electrons. The van der Waals surface area contributed by atoms with Gasteiger partial charge in [0.05, 0.1) is 12.7 Å². The molecule has 0 unspecified atom stereocenters. The van der Waals surface area contributed by atoms with Crippen LogP contribution in [0.3, 0.4) is 0 Å². The molecule has 0 heterocycles. The van der Waals surface area contributed by atoms with Gasteiger partial charge in [-0.05, 0) is 91.3 Å². The molecule has 0 aromatic rings. The minimum absolute atomic E-state index is 0.00572. The van der Waals surface area contributed by atoms with Gasteiger partial charge in [0.25, 0.3) is 0 Å². The van der Waals surface area contributed by atoms with Crippen LogP contribution in [0.2, 0.25) is 18.1 Å². The van der Waals surface area contributed by atoms with Gasteiger partial charge < -0.3 is 18.6 Å². The molecule has 0 aromatic heterocycles. The summed E-state index contributed by atoms with van der Waals surface area (Å²) in [6, 6.07) is 0. The van der Waals surface area contributed by atoms with E-state index in [2.05, 4.69) is 46.9 Å². The van der Waals surface area contributed by atoms with E-state index in [1.54, 1.807) is 0 Å². The number of fused-ring (bicyclic) bond motifs is 3. The number of hydrogen-bond acceptors (Lipinski definition) is 7. The first kappa shape index (κ1) is 30.9. The number of allylic oxidation sites excluding steroid dienone is 1. The van der Waals surface area contributed by atoms with Gasteiger partial charge in [-0.2, -0.15) is 0 Å². The van der Waals surface area contributed by atoms with Crippen LogP contribution in [-0.4, -0.2) is 51.6 Å². The average Bonchev–Trinajstić information content (AvgIpc) is 3.11. The van der Waals surface area contributed by atoms with Crippen molar-refractivity contribution in [2.75, 3.05) is 13.2 Å². The second kappa shape index (κ2) is 11.8. The van der Waals surface area contributed by atoms with E-state index in [0.717, 1.165) is 37.7 Å². The second-order valence-electron chi connectivity index (χ2n) is 13.5. The molecule has 3 aliphatic carbocycles. The van der Waals surface area contributed by atoms with E-state index in [-0.39, 0.29) is 35.1 Å². The lowest BCUT2D eigenvalue weighted by atomic mass is 9.53. The van der Waals surface area contributed by atoms with Gasteiger partial charge in [0, 0.05) is 20.8 Å². The molecule has 0 amide bonds. The number of rotatable bonds is 9. The van der Waals surface area contributed by atoms with Crippen molar-refractivity contribution in [3.63, 3.8) is 0 Å². The van der Waals surface area contributed by atoms with Gasteiger partial charge >= 0.3 is 17.9 Å². The maximum absolute atomic E-state index is 12.0. The third kappa shape index (κ3) is 6.72. The maximum Gasteiger partial charge on any atom is 0.303 e. The van der Waals surface area contributed by atoms with Crippen LogP contribution in [0, 0.1) is 29.1 Å². The Morgan fingerprint density at radius 3 is 2.24 bits per heavy atom. The summed E-state index contributed by atoms with van der Waals surface area (Å²) in [5.74, 6) is 0.451. The molecule has 2 saturated carbocycles. The topological polar surface area (TPSA) is 88.1 Å². The Balaban J connectivity index is 1.88. The third-order valence-corrected chi connectivity index (χ3v) is 14.6. The van der Waals surface area contributed by atoms with E-state index in [9.17, 15) is 14.4 Å². The highest BCUT2D eigenvalue weighted by atomic mass is 28.4. The summed E-state index contributed by atoms with van der Waals surface area (Å²) in [7, 11) is -1.89. The van der Waals surface area contributed by atoms with Crippen molar-refractivity contribution in [3.8, 4) is 0 Å². The molecule has 3 aliphatic rings. The predicted molar refractivity (Wildman–Crippen MR) is 149 cm³/mol. The van der Waals surface area contributed by atoms with Crippen molar-refractivity contribution in [1.82, 2.24) is 0 Å². The summed E-state index contributed by atoms with van der Waals surface area (Å²) < 4.78 is 23.4. The third-order valence-electron chi connectivity index (χ3n) is 10.1. The zero-order valence-electron chi connectivity index (χ0n) is 25.1. The first-order valence-corrected chi connectivity index (χ1v) is 17.3. The standard InChI is InChI=1S/C30H50O7Si/c1-19(31)34-17-15-23-22-14-16-30(7)26(12-13-28(30)37-38(8,9)29(4,5)6)24(22)10-11-25(23)27(36-21(3)33)18-35-20(2)32/h11,22-24,26-28H,10,12-18H2,1-9H3/t22-,23-,24-,26+,27-,28+,30+/m1/s1. The number of hydrogen-bond donors (Lipinski definition) is 0. The van der Waals surface area contributed by atoms with E-state index in [1.165, 1.54) is 20.8 Å². The van der Waals surface area contributed by atoms with Crippen molar-refractivity contribution >= 4 is 26.2 Å².